The fourth-order valence-electron chi connectivity index (χ4n) is 2.63. The molecule has 3 heterocycles. The van der Waals surface area contributed by atoms with Crippen molar-refractivity contribution >= 4 is 55.5 Å². The van der Waals surface area contributed by atoms with Crippen LogP contribution in [0.15, 0.2) is 47.1 Å². The molecular weight excluding hydrogens is 388 g/mol. The van der Waals surface area contributed by atoms with Crippen LogP contribution >= 0.6 is 34.3 Å². The summed E-state index contributed by atoms with van der Waals surface area (Å²) < 4.78 is 7.09. The van der Waals surface area contributed by atoms with Gasteiger partial charge in [-0.05, 0) is 61.4 Å². The van der Waals surface area contributed by atoms with Gasteiger partial charge in [0.1, 0.15) is 5.76 Å². The first-order valence-corrected chi connectivity index (χ1v) is 10.00. The zero-order valence-corrected chi connectivity index (χ0v) is 16.5. The van der Waals surface area contributed by atoms with Crippen LogP contribution in [0, 0.1) is 13.8 Å². The van der Waals surface area contributed by atoms with Crippen LogP contribution in [0.5, 0.6) is 0 Å². The van der Waals surface area contributed by atoms with Crippen LogP contribution in [0.1, 0.15) is 26.6 Å². The smallest absolute Gasteiger partial charge is 0.270 e. The van der Waals surface area contributed by atoms with E-state index in [9.17, 15) is 4.79 Å². The number of amides is 1. The SMILES string of the molecule is Cc1cc2nc(N(Cc3ccco3)C(=O)c3ccc(Cl)s3)sc2cc1C. The molecule has 3 aromatic heterocycles. The highest BCUT2D eigenvalue weighted by atomic mass is 35.5. The number of benzene rings is 1. The first-order valence-electron chi connectivity index (χ1n) is 7.98. The van der Waals surface area contributed by atoms with Crippen molar-refractivity contribution in [3.63, 3.8) is 0 Å². The average molecular weight is 403 g/mol. The zero-order chi connectivity index (χ0) is 18.3. The second kappa shape index (κ2) is 6.87. The quantitative estimate of drug-likeness (QED) is 0.416. The first-order chi connectivity index (χ1) is 12.5. The number of anilines is 1. The van der Waals surface area contributed by atoms with Crippen molar-refractivity contribution in [3.05, 3.63) is 68.8 Å². The van der Waals surface area contributed by atoms with Crippen LogP contribution in [-0.2, 0) is 6.54 Å². The lowest BCUT2D eigenvalue weighted by atomic mass is 10.1. The maximum Gasteiger partial charge on any atom is 0.270 e. The molecule has 0 radical (unpaired) electrons. The molecule has 4 nitrogen and oxygen atoms in total. The fraction of sp³-hybridized carbons (Fsp3) is 0.158. The molecular formula is C19H15ClN2O2S2. The monoisotopic (exact) mass is 402 g/mol. The molecule has 1 aromatic carbocycles. The fourth-order valence-corrected chi connectivity index (χ4v) is 4.67. The predicted molar refractivity (Wildman–Crippen MR) is 108 cm³/mol. The maximum atomic E-state index is 13.1. The number of furan rings is 1. The lowest BCUT2D eigenvalue weighted by Crippen LogP contribution is -2.29. The molecule has 0 fully saturated rings. The molecule has 1 amide bonds. The standard InChI is InChI=1S/C19H15ClN2O2S2/c1-11-8-14-16(9-12(11)2)26-19(21-14)22(10-13-4-3-7-24-13)18(23)15-5-6-17(20)25-15/h3-9H,10H2,1-2H3. The topological polar surface area (TPSA) is 46.3 Å². The molecule has 0 spiro atoms. The molecule has 0 bridgehead atoms. The van der Waals surface area contributed by atoms with Gasteiger partial charge in [-0.15, -0.1) is 11.3 Å². The number of aryl methyl sites for hydroxylation is 2. The van der Waals surface area contributed by atoms with Crippen molar-refractivity contribution in [1.82, 2.24) is 4.98 Å². The molecule has 4 aromatic rings. The summed E-state index contributed by atoms with van der Waals surface area (Å²) >= 11 is 8.78. The van der Waals surface area contributed by atoms with E-state index in [4.69, 9.17) is 21.0 Å². The van der Waals surface area contributed by atoms with E-state index in [-0.39, 0.29) is 5.91 Å². The van der Waals surface area contributed by atoms with Gasteiger partial charge in [0, 0.05) is 0 Å². The van der Waals surface area contributed by atoms with Gasteiger partial charge in [-0.3, -0.25) is 9.69 Å². The lowest BCUT2D eigenvalue weighted by molar-refractivity contribution is 0.0987. The van der Waals surface area contributed by atoms with Gasteiger partial charge in [0.25, 0.3) is 5.91 Å². The number of hydrogen-bond acceptors (Lipinski definition) is 5. The second-order valence-electron chi connectivity index (χ2n) is 5.98. The summed E-state index contributed by atoms with van der Waals surface area (Å²) in [5, 5.41) is 0.649. The Hall–Kier alpha value is -2.15. The Kier molecular flexibility index (Phi) is 4.56. The molecule has 132 valence electrons. The number of carbonyl (C=O) groups is 1. The van der Waals surface area contributed by atoms with Crippen LogP contribution in [0.25, 0.3) is 10.2 Å². The van der Waals surface area contributed by atoms with Gasteiger partial charge in [-0.1, -0.05) is 22.9 Å². The number of thiazole rings is 1. The largest absolute Gasteiger partial charge is 0.467 e. The van der Waals surface area contributed by atoms with Gasteiger partial charge in [0.15, 0.2) is 5.13 Å². The molecule has 0 N–H and O–H groups in total. The van der Waals surface area contributed by atoms with Gasteiger partial charge in [0.2, 0.25) is 0 Å². The minimum Gasteiger partial charge on any atom is -0.467 e. The number of halogens is 1. The van der Waals surface area contributed by atoms with E-state index >= 15 is 0 Å². The molecule has 0 unspecified atom stereocenters. The highest BCUT2D eigenvalue weighted by Crippen LogP contribution is 2.33. The van der Waals surface area contributed by atoms with E-state index in [2.05, 4.69) is 26.0 Å². The Bertz CT molecular complexity index is 1040. The van der Waals surface area contributed by atoms with Crippen LogP contribution in [0.4, 0.5) is 5.13 Å². The van der Waals surface area contributed by atoms with Crippen LogP contribution in [0.3, 0.4) is 0 Å². The van der Waals surface area contributed by atoms with Crippen molar-refractivity contribution in [3.8, 4) is 0 Å². The number of rotatable bonds is 4. The molecule has 0 aliphatic carbocycles. The Morgan fingerprint density at radius 3 is 2.69 bits per heavy atom. The normalized spacial score (nSPS) is 11.2. The third-order valence-corrected chi connectivity index (χ3v) is 6.41. The van der Waals surface area contributed by atoms with E-state index in [0.29, 0.717) is 26.7 Å². The summed E-state index contributed by atoms with van der Waals surface area (Å²) in [5.41, 5.74) is 3.29. The number of nitrogens with zero attached hydrogens (tertiary/aromatic N) is 2. The van der Waals surface area contributed by atoms with Gasteiger partial charge in [-0.25, -0.2) is 4.98 Å². The van der Waals surface area contributed by atoms with Gasteiger partial charge < -0.3 is 4.42 Å². The summed E-state index contributed by atoms with van der Waals surface area (Å²) in [6.45, 7) is 4.46. The van der Waals surface area contributed by atoms with Gasteiger partial charge >= 0.3 is 0 Å². The van der Waals surface area contributed by atoms with Crippen molar-refractivity contribution in [2.45, 2.75) is 20.4 Å². The molecule has 0 saturated heterocycles. The third-order valence-electron chi connectivity index (χ3n) is 4.15. The van der Waals surface area contributed by atoms with Crippen molar-refractivity contribution < 1.29 is 9.21 Å². The van der Waals surface area contributed by atoms with E-state index in [0.717, 1.165) is 10.2 Å². The minimum atomic E-state index is -0.134. The predicted octanol–water partition coefficient (Wildman–Crippen LogP) is 6.07. The summed E-state index contributed by atoms with van der Waals surface area (Å²) in [6.07, 6.45) is 1.60. The van der Waals surface area contributed by atoms with Crippen LogP contribution in [-0.4, -0.2) is 10.9 Å². The second-order valence-corrected chi connectivity index (χ2v) is 8.70. The molecule has 7 heteroatoms. The number of thiophene rings is 1. The van der Waals surface area contributed by atoms with Crippen molar-refractivity contribution in [2.75, 3.05) is 4.90 Å². The van der Waals surface area contributed by atoms with E-state index < -0.39 is 0 Å². The summed E-state index contributed by atoms with van der Waals surface area (Å²) in [4.78, 5) is 20.0. The molecule has 0 aliphatic heterocycles. The number of aromatic nitrogens is 1. The van der Waals surface area contributed by atoms with Crippen LogP contribution < -0.4 is 4.90 Å². The van der Waals surface area contributed by atoms with Crippen LogP contribution in [0.2, 0.25) is 4.34 Å². The Morgan fingerprint density at radius 1 is 1.19 bits per heavy atom. The molecule has 26 heavy (non-hydrogen) atoms. The van der Waals surface area contributed by atoms with Crippen molar-refractivity contribution in [2.24, 2.45) is 0 Å². The van der Waals surface area contributed by atoms with Gasteiger partial charge in [-0.2, -0.15) is 0 Å². The van der Waals surface area contributed by atoms with E-state index in [1.54, 1.807) is 23.3 Å². The first kappa shape index (κ1) is 17.3. The summed E-state index contributed by atoms with van der Waals surface area (Å²) in [6, 6.07) is 11.3. The average Bonchev–Trinajstić information content (AvgIpc) is 3.33. The minimum absolute atomic E-state index is 0.134. The molecule has 4 rings (SSSR count). The summed E-state index contributed by atoms with van der Waals surface area (Å²) in [5.74, 6) is 0.568. The Balaban J connectivity index is 1.78. The summed E-state index contributed by atoms with van der Waals surface area (Å²) in [7, 11) is 0. The highest BCUT2D eigenvalue weighted by molar-refractivity contribution is 7.22. The van der Waals surface area contributed by atoms with E-state index in [1.165, 1.54) is 33.8 Å². The molecule has 0 aliphatic rings. The highest BCUT2D eigenvalue weighted by Gasteiger charge is 2.24. The van der Waals surface area contributed by atoms with E-state index in [1.807, 2.05) is 12.1 Å². The number of hydrogen-bond donors (Lipinski definition) is 0. The molecule has 0 saturated carbocycles. The Morgan fingerprint density at radius 2 is 2.00 bits per heavy atom. The number of carbonyl (C=O) groups excluding carboxylic acids is 1. The maximum absolute atomic E-state index is 13.1. The number of fused-ring (bicyclic) bond motifs is 1. The zero-order valence-electron chi connectivity index (χ0n) is 14.2. The Labute approximate surface area is 163 Å². The molecule has 0 atom stereocenters. The van der Waals surface area contributed by atoms with Crippen molar-refractivity contribution in [1.29, 1.82) is 0 Å². The lowest BCUT2D eigenvalue weighted by Gasteiger charge is -2.17. The third kappa shape index (κ3) is 3.28. The van der Waals surface area contributed by atoms with Gasteiger partial charge in [0.05, 0.1) is 32.2 Å².